The monoisotopic (exact) mass is 354 g/mol. The van der Waals surface area contributed by atoms with Crippen LogP contribution in [-0.2, 0) is 4.79 Å². The maximum absolute atomic E-state index is 12.3. The SMILES string of the molecule is Cc1cc(NC(=O)CN2CCC[C@H]2c2nc(-c3ccccn3)no2)no1. The van der Waals surface area contributed by atoms with E-state index in [1.54, 1.807) is 19.2 Å². The molecule has 1 fully saturated rings. The molecule has 1 amide bonds. The van der Waals surface area contributed by atoms with E-state index in [1.807, 2.05) is 23.1 Å². The van der Waals surface area contributed by atoms with Crippen molar-refractivity contribution in [3.05, 3.63) is 42.1 Å². The Morgan fingerprint density at radius 2 is 2.27 bits per heavy atom. The van der Waals surface area contributed by atoms with Gasteiger partial charge in [-0.1, -0.05) is 16.4 Å². The molecule has 4 rings (SSSR count). The number of likely N-dealkylation sites (tertiary alicyclic amines) is 1. The lowest BCUT2D eigenvalue weighted by molar-refractivity contribution is -0.117. The molecule has 0 spiro atoms. The average Bonchev–Trinajstić information content (AvgIpc) is 3.37. The molecule has 1 aliphatic heterocycles. The summed E-state index contributed by atoms with van der Waals surface area (Å²) < 4.78 is 10.4. The van der Waals surface area contributed by atoms with Crippen LogP contribution >= 0.6 is 0 Å². The molecule has 9 heteroatoms. The summed E-state index contributed by atoms with van der Waals surface area (Å²) in [6.45, 7) is 2.78. The van der Waals surface area contributed by atoms with Crippen molar-refractivity contribution in [1.82, 2.24) is 25.2 Å². The molecule has 0 radical (unpaired) electrons. The molecule has 3 aromatic rings. The largest absolute Gasteiger partial charge is 0.360 e. The number of carbonyl (C=O) groups is 1. The van der Waals surface area contributed by atoms with Gasteiger partial charge in [0.1, 0.15) is 11.5 Å². The Kier molecular flexibility index (Phi) is 4.44. The molecule has 26 heavy (non-hydrogen) atoms. The van der Waals surface area contributed by atoms with Crippen molar-refractivity contribution >= 4 is 11.7 Å². The van der Waals surface area contributed by atoms with Gasteiger partial charge in [-0.25, -0.2) is 0 Å². The second-order valence-corrected chi connectivity index (χ2v) is 6.17. The van der Waals surface area contributed by atoms with Crippen molar-refractivity contribution in [2.45, 2.75) is 25.8 Å². The number of carbonyl (C=O) groups excluding carboxylic acids is 1. The number of aryl methyl sites for hydroxylation is 1. The molecule has 0 aromatic carbocycles. The first kappa shape index (κ1) is 16.4. The van der Waals surface area contributed by atoms with Crippen molar-refractivity contribution in [2.24, 2.45) is 0 Å². The van der Waals surface area contributed by atoms with Gasteiger partial charge >= 0.3 is 0 Å². The Balaban J connectivity index is 1.43. The minimum atomic E-state index is -0.158. The molecular formula is C17H18N6O3. The van der Waals surface area contributed by atoms with Crippen LogP contribution in [0.3, 0.4) is 0 Å². The van der Waals surface area contributed by atoms with Crippen LogP contribution in [0.5, 0.6) is 0 Å². The Morgan fingerprint density at radius 3 is 3.04 bits per heavy atom. The van der Waals surface area contributed by atoms with Gasteiger partial charge in [0, 0.05) is 12.3 Å². The van der Waals surface area contributed by atoms with Crippen LogP contribution < -0.4 is 5.32 Å². The zero-order valence-electron chi connectivity index (χ0n) is 14.3. The molecule has 4 heterocycles. The predicted octanol–water partition coefficient (Wildman–Crippen LogP) is 2.20. The maximum atomic E-state index is 12.3. The Bertz CT molecular complexity index is 891. The van der Waals surface area contributed by atoms with E-state index in [0.29, 0.717) is 29.0 Å². The third-order valence-electron chi connectivity index (χ3n) is 4.23. The second-order valence-electron chi connectivity index (χ2n) is 6.17. The van der Waals surface area contributed by atoms with E-state index < -0.39 is 0 Å². The van der Waals surface area contributed by atoms with Gasteiger partial charge in [-0.3, -0.25) is 14.7 Å². The number of aromatic nitrogens is 4. The summed E-state index contributed by atoms with van der Waals surface area (Å²) in [5, 5.41) is 10.5. The highest BCUT2D eigenvalue weighted by Gasteiger charge is 2.32. The van der Waals surface area contributed by atoms with E-state index in [2.05, 4.69) is 25.6 Å². The van der Waals surface area contributed by atoms with Crippen molar-refractivity contribution in [3.63, 3.8) is 0 Å². The number of hydrogen-bond acceptors (Lipinski definition) is 8. The third-order valence-corrected chi connectivity index (χ3v) is 4.23. The lowest BCUT2D eigenvalue weighted by Crippen LogP contribution is -2.33. The lowest BCUT2D eigenvalue weighted by Gasteiger charge is -2.20. The fraction of sp³-hybridized carbons (Fsp3) is 0.353. The van der Waals surface area contributed by atoms with Crippen LogP contribution in [0, 0.1) is 6.92 Å². The van der Waals surface area contributed by atoms with Crippen molar-refractivity contribution in [2.75, 3.05) is 18.4 Å². The molecular weight excluding hydrogens is 336 g/mol. The highest BCUT2D eigenvalue weighted by molar-refractivity contribution is 5.91. The second kappa shape index (κ2) is 7.04. The minimum absolute atomic E-state index is 0.0789. The predicted molar refractivity (Wildman–Crippen MR) is 90.9 cm³/mol. The summed E-state index contributed by atoms with van der Waals surface area (Å²) in [6, 6.07) is 7.13. The number of nitrogens with zero attached hydrogens (tertiary/aromatic N) is 5. The van der Waals surface area contributed by atoms with Gasteiger partial charge in [0.25, 0.3) is 0 Å². The summed E-state index contributed by atoms with van der Waals surface area (Å²) in [7, 11) is 0. The molecule has 1 N–H and O–H groups in total. The first-order chi connectivity index (χ1) is 12.7. The smallest absolute Gasteiger partial charge is 0.244 e. The van der Waals surface area contributed by atoms with Crippen LogP contribution in [-0.4, -0.2) is 44.2 Å². The van der Waals surface area contributed by atoms with Gasteiger partial charge in [-0.15, -0.1) is 0 Å². The van der Waals surface area contributed by atoms with Crippen LogP contribution in [0.25, 0.3) is 11.5 Å². The quantitative estimate of drug-likeness (QED) is 0.742. The number of pyridine rings is 1. The van der Waals surface area contributed by atoms with Crippen molar-refractivity contribution < 1.29 is 13.8 Å². The molecule has 1 saturated heterocycles. The summed E-state index contributed by atoms with van der Waals surface area (Å²) >= 11 is 0. The molecule has 9 nitrogen and oxygen atoms in total. The summed E-state index contributed by atoms with van der Waals surface area (Å²) in [5.74, 6) is 1.86. The molecule has 0 saturated carbocycles. The summed E-state index contributed by atoms with van der Waals surface area (Å²) in [4.78, 5) is 23.0. The number of amides is 1. The van der Waals surface area contributed by atoms with E-state index in [9.17, 15) is 4.79 Å². The highest BCUT2D eigenvalue weighted by Crippen LogP contribution is 2.31. The molecule has 0 unspecified atom stereocenters. The van der Waals surface area contributed by atoms with Gasteiger partial charge < -0.3 is 14.4 Å². The fourth-order valence-electron chi connectivity index (χ4n) is 3.06. The first-order valence-corrected chi connectivity index (χ1v) is 8.41. The molecule has 1 aliphatic rings. The normalized spacial score (nSPS) is 17.5. The highest BCUT2D eigenvalue weighted by atomic mass is 16.5. The Hall–Kier alpha value is -3.07. The van der Waals surface area contributed by atoms with Crippen LogP contribution in [0.1, 0.15) is 30.5 Å². The van der Waals surface area contributed by atoms with Gasteiger partial charge in [0.05, 0.1) is 12.6 Å². The van der Waals surface area contributed by atoms with Crippen LogP contribution in [0.15, 0.2) is 39.5 Å². The van der Waals surface area contributed by atoms with Gasteiger partial charge in [0.2, 0.25) is 17.6 Å². The van der Waals surface area contributed by atoms with E-state index in [-0.39, 0.29) is 18.5 Å². The molecule has 134 valence electrons. The Morgan fingerprint density at radius 1 is 1.35 bits per heavy atom. The number of anilines is 1. The molecule has 1 atom stereocenters. The fourth-order valence-corrected chi connectivity index (χ4v) is 3.06. The average molecular weight is 354 g/mol. The standard InChI is InChI=1S/C17H18N6O3/c1-11-9-14(21-25-11)19-15(24)10-23-8-4-6-13(23)17-20-16(22-26-17)12-5-2-3-7-18-12/h2-3,5,7,9,13H,4,6,8,10H2,1H3,(H,19,21,24)/t13-/m0/s1. The van der Waals surface area contributed by atoms with E-state index >= 15 is 0 Å². The number of hydrogen-bond donors (Lipinski definition) is 1. The molecule has 0 bridgehead atoms. The summed E-state index contributed by atoms with van der Waals surface area (Å²) in [5.41, 5.74) is 0.659. The molecule has 0 aliphatic carbocycles. The lowest BCUT2D eigenvalue weighted by atomic mass is 10.2. The summed E-state index contributed by atoms with van der Waals surface area (Å²) in [6.07, 6.45) is 3.51. The maximum Gasteiger partial charge on any atom is 0.244 e. The number of rotatable bonds is 5. The third kappa shape index (κ3) is 3.47. The van der Waals surface area contributed by atoms with Gasteiger partial charge in [0.15, 0.2) is 5.82 Å². The van der Waals surface area contributed by atoms with E-state index in [0.717, 1.165) is 19.4 Å². The number of nitrogens with one attached hydrogen (secondary N) is 1. The minimum Gasteiger partial charge on any atom is -0.360 e. The van der Waals surface area contributed by atoms with Gasteiger partial charge in [-0.05, 0) is 38.4 Å². The van der Waals surface area contributed by atoms with Gasteiger partial charge in [-0.2, -0.15) is 4.98 Å². The van der Waals surface area contributed by atoms with E-state index in [1.165, 1.54) is 0 Å². The van der Waals surface area contributed by atoms with Crippen molar-refractivity contribution in [1.29, 1.82) is 0 Å². The van der Waals surface area contributed by atoms with E-state index in [4.69, 9.17) is 9.05 Å². The Labute approximate surface area is 149 Å². The zero-order chi connectivity index (χ0) is 17.9. The topological polar surface area (TPSA) is 110 Å². The first-order valence-electron chi connectivity index (χ1n) is 8.41. The van der Waals surface area contributed by atoms with Crippen LogP contribution in [0.4, 0.5) is 5.82 Å². The zero-order valence-corrected chi connectivity index (χ0v) is 14.3. The molecule has 3 aromatic heterocycles. The van der Waals surface area contributed by atoms with Crippen LogP contribution in [0.2, 0.25) is 0 Å². The van der Waals surface area contributed by atoms with Crippen molar-refractivity contribution in [3.8, 4) is 11.5 Å².